The summed E-state index contributed by atoms with van der Waals surface area (Å²) < 4.78 is 25.6. The van der Waals surface area contributed by atoms with Gasteiger partial charge in [-0.25, -0.2) is 0 Å². The Hall–Kier alpha value is -1.69. The van der Waals surface area contributed by atoms with Crippen LogP contribution in [-0.4, -0.2) is 0 Å². The molecule has 0 spiro atoms. The average molecular weight is 221 g/mol. The number of hydrogen-bond acceptors (Lipinski definition) is 1. The van der Waals surface area contributed by atoms with Crippen LogP contribution in [0.4, 0.5) is 8.78 Å². The zero-order chi connectivity index (χ0) is 12.0. The highest BCUT2D eigenvalue weighted by atomic mass is 19.3. The molecule has 0 heterocycles. The molecule has 0 atom stereocenters. The Bertz CT molecular complexity index is 426. The molecular weight excluding hydrogens is 208 g/mol. The Labute approximate surface area is 94.0 Å². The van der Waals surface area contributed by atoms with Crippen LogP contribution in [0.25, 0.3) is 5.57 Å². The van der Waals surface area contributed by atoms with Crippen LogP contribution in [0, 0.1) is 11.3 Å². The van der Waals surface area contributed by atoms with Crippen molar-refractivity contribution in [2.24, 2.45) is 0 Å². The van der Waals surface area contributed by atoms with Gasteiger partial charge in [0, 0.05) is 11.1 Å². The van der Waals surface area contributed by atoms with E-state index >= 15 is 0 Å². The number of nitriles is 1. The first-order chi connectivity index (χ1) is 7.70. The van der Waals surface area contributed by atoms with Crippen LogP contribution in [0.3, 0.4) is 0 Å². The van der Waals surface area contributed by atoms with E-state index in [4.69, 9.17) is 5.26 Å². The van der Waals surface area contributed by atoms with Crippen LogP contribution < -0.4 is 0 Å². The standard InChI is InChI=1S/C13H13F2N/c1-2-3-7-12(13(14)15)11-8-5-4-6-10(11)9-16/h4-6,8H,2-3,7H2,1H3. The van der Waals surface area contributed by atoms with E-state index < -0.39 is 6.08 Å². The zero-order valence-electron chi connectivity index (χ0n) is 9.13. The molecule has 0 aliphatic heterocycles. The fourth-order valence-corrected chi connectivity index (χ4v) is 1.53. The Morgan fingerprint density at radius 2 is 2.00 bits per heavy atom. The van der Waals surface area contributed by atoms with Crippen molar-refractivity contribution >= 4 is 5.57 Å². The fourth-order valence-electron chi connectivity index (χ4n) is 1.53. The van der Waals surface area contributed by atoms with Gasteiger partial charge < -0.3 is 0 Å². The molecule has 84 valence electrons. The number of allylic oxidation sites excluding steroid dienone is 1. The van der Waals surface area contributed by atoms with E-state index in [0.29, 0.717) is 24.0 Å². The number of halogens is 2. The van der Waals surface area contributed by atoms with Gasteiger partial charge in [0.15, 0.2) is 0 Å². The lowest BCUT2D eigenvalue weighted by atomic mass is 9.97. The summed E-state index contributed by atoms with van der Waals surface area (Å²) in [5.74, 6) is 0. The van der Waals surface area contributed by atoms with E-state index in [1.807, 2.05) is 13.0 Å². The van der Waals surface area contributed by atoms with Crippen molar-refractivity contribution in [3.63, 3.8) is 0 Å². The molecule has 0 saturated heterocycles. The van der Waals surface area contributed by atoms with Gasteiger partial charge in [-0.2, -0.15) is 14.0 Å². The van der Waals surface area contributed by atoms with Crippen LogP contribution in [0.15, 0.2) is 30.3 Å². The molecule has 0 aliphatic carbocycles. The minimum absolute atomic E-state index is 0.000926. The first kappa shape index (κ1) is 12.4. The summed E-state index contributed by atoms with van der Waals surface area (Å²) in [6, 6.07) is 8.42. The van der Waals surface area contributed by atoms with E-state index in [-0.39, 0.29) is 5.57 Å². The molecule has 16 heavy (non-hydrogen) atoms. The van der Waals surface area contributed by atoms with Gasteiger partial charge in [0.25, 0.3) is 6.08 Å². The minimum Gasteiger partial charge on any atom is -0.192 e. The van der Waals surface area contributed by atoms with Crippen molar-refractivity contribution in [3.05, 3.63) is 41.5 Å². The molecule has 0 aliphatic rings. The Morgan fingerprint density at radius 1 is 1.31 bits per heavy atom. The number of benzene rings is 1. The van der Waals surface area contributed by atoms with Crippen molar-refractivity contribution in [3.8, 4) is 6.07 Å². The Morgan fingerprint density at radius 3 is 2.56 bits per heavy atom. The first-order valence-electron chi connectivity index (χ1n) is 5.24. The van der Waals surface area contributed by atoms with Gasteiger partial charge in [-0.05, 0) is 18.9 Å². The highest BCUT2D eigenvalue weighted by molar-refractivity contribution is 5.71. The number of rotatable bonds is 4. The number of hydrogen-bond donors (Lipinski definition) is 0. The van der Waals surface area contributed by atoms with Gasteiger partial charge in [0.05, 0.1) is 11.6 Å². The molecule has 0 unspecified atom stereocenters. The quantitative estimate of drug-likeness (QED) is 0.741. The predicted molar refractivity (Wildman–Crippen MR) is 59.8 cm³/mol. The van der Waals surface area contributed by atoms with Crippen molar-refractivity contribution in [1.82, 2.24) is 0 Å². The van der Waals surface area contributed by atoms with Crippen LogP contribution in [0.1, 0.15) is 37.3 Å². The second-order valence-electron chi connectivity index (χ2n) is 3.50. The third-order valence-electron chi connectivity index (χ3n) is 2.38. The average Bonchev–Trinajstić information content (AvgIpc) is 2.29. The second-order valence-corrected chi connectivity index (χ2v) is 3.50. The summed E-state index contributed by atoms with van der Waals surface area (Å²) in [6.45, 7) is 1.95. The molecule has 1 aromatic carbocycles. The molecule has 1 rings (SSSR count). The van der Waals surface area contributed by atoms with Gasteiger partial charge in [-0.15, -0.1) is 0 Å². The molecule has 1 aromatic rings. The molecule has 3 heteroatoms. The second kappa shape index (κ2) is 6.02. The predicted octanol–water partition coefficient (Wildman–Crippen LogP) is 4.36. The van der Waals surface area contributed by atoms with Crippen LogP contribution in [0.5, 0.6) is 0 Å². The Balaban J connectivity index is 3.13. The van der Waals surface area contributed by atoms with Crippen molar-refractivity contribution in [2.45, 2.75) is 26.2 Å². The monoisotopic (exact) mass is 221 g/mol. The van der Waals surface area contributed by atoms with Gasteiger partial charge in [0.2, 0.25) is 0 Å². The third-order valence-corrected chi connectivity index (χ3v) is 2.38. The van der Waals surface area contributed by atoms with Gasteiger partial charge in [-0.1, -0.05) is 31.5 Å². The minimum atomic E-state index is -1.68. The molecule has 0 aromatic heterocycles. The lowest BCUT2D eigenvalue weighted by Gasteiger charge is -2.07. The number of unbranched alkanes of at least 4 members (excludes halogenated alkanes) is 1. The Kier molecular flexibility index (Phi) is 4.65. The summed E-state index contributed by atoms with van der Waals surface area (Å²) in [5.41, 5.74) is 0.666. The normalized spacial score (nSPS) is 9.62. The summed E-state index contributed by atoms with van der Waals surface area (Å²) in [5, 5.41) is 8.86. The fraction of sp³-hybridized carbons (Fsp3) is 0.308. The van der Waals surface area contributed by atoms with Crippen LogP contribution in [0.2, 0.25) is 0 Å². The highest BCUT2D eigenvalue weighted by Gasteiger charge is 2.12. The lowest BCUT2D eigenvalue weighted by molar-refractivity contribution is 0.422. The third kappa shape index (κ3) is 2.90. The molecule has 0 radical (unpaired) electrons. The van der Waals surface area contributed by atoms with Gasteiger partial charge in [-0.3, -0.25) is 0 Å². The molecule has 1 nitrogen and oxygen atoms in total. The summed E-state index contributed by atoms with van der Waals surface area (Å²) in [7, 11) is 0. The zero-order valence-corrected chi connectivity index (χ0v) is 9.13. The van der Waals surface area contributed by atoms with E-state index in [1.54, 1.807) is 24.3 Å². The largest absolute Gasteiger partial charge is 0.274 e. The maximum atomic E-state index is 12.8. The van der Waals surface area contributed by atoms with Crippen molar-refractivity contribution in [1.29, 1.82) is 5.26 Å². The van der Waals surface area contributed by atoms with E-state index in [0.717, 1.165) is 6.42 Å². The highest BCUT2D eigenvalue weighted by Crippen LogP contribution is 2.28. The maximum absolute atomic E-state index is 12.8. The van der Waals surface area contributed by atoms with E-state index in [9.17, 15) is 8.78 Å². The molecule has 0 fully saturated rings. The molecule has 0 saturated carbocycles. The smallest absolute Gasteiger partial charge is 0.192 e. The molecular formula is C13H13F2N. The van der Waals surface area contributed by atoms with Crippen molar-refractivity contribution in [2.75, 3.05) is 0 Å². The first-order valence-corrected chi connectivity index (χ1v) is 5.24. The van der Waals surface area contributed by atoms with Gasteiger partial charge in [0.1, 0.15) is 0 Å². The molecule has 0 bridgehead atoms. The number of nitrogens with zero attached hydrogens (tertiary/aromatic N) is 1. The van der Waals surface area contributed by atoms with E-state index in [1.165, 1.54) is 0 Å². The SMILES string of the molecule is CCCCC(=C(F)F)c1ccccc1C#N. The van der Waals surface area contributed by atoms with Crippen molar-refractivity contribution < 1.29 is 8.78 Å². The summed E-state index contributed by atoms with van der Waals surface area (Å²) in [4.78, 5) is 0. The lowest BCUT2D eigenvalue weighted by Crippen LogP contribution is -1.91. The van der Waals surface area contributed by atoms with Crippen LogP contribution in [-0.2, 0) is 0 Å². The van der Waals surface area contributed by atoms with Gasteiger partial charge >= 0.3 is 0 Å². The summed E-state index contributed by atoms with van der Waals surface area (Å²) >= 11 is 0. The summed E-state index contributed by atoms with van der Waals surface area (Å²) in [6.07, 6.45) is 0.186. The molecule has 0 N–H and O–H groups in total. The van der Waals surface area contributed by atoms with E-state index in [2.05, 4.69) is 0 Å². The topological polar surface area (TPSA) is 23.8 Å². The molecule has 0 amide bonds. The van der Waals surface area contributed by atoms with Crippen LogP contribution >= 0.6 is 0 Å². The maximum Gasteiger partial charge on any atom is 0.274 e.